The van der Waals surface area contributed by atoms with Gasteiger partial charge in [0.1, 0.15) is 10.8 Å². The number of carbonyl (C=O) groups excluding carboxylic acids is 1. The zero-order valence-electron chi connectivity index (χ0n) is 10.8. The zero-order chi connectivity index (χ0) is 15.0. The molecule has 1 aromatic rings. The van der Waals surface area contributed by atoms with Crippen LogP contribution in [0.25, 0.3) is 0 Å². The molecule has 0 saturated heterocycles. The normalized spacial score (nSPS) is 10.3. The lowest BCUT2D eigenvalue weighted by Crippen LogP contribution is -2.12. The second-order valence-corrected chi connectivity index (χ2v) is 4.11. The van der Waals surface area contributed by atoms with Gasteiger partial charge in [0.2, 0.25) is 0 Å². The minimum atomic E-state index is -0.614. The summed E-state index contributed by atoms with van der Waals surface area (Å²) in [6.07, 6.45) is 0.0678. The molecule has 110 valence electrons. The zero-order valence-corrected chi connectivity index (χ0v) is 11.6. The van der Waals surface area contributed by atoms with Crippen LogP contribution in [0.5, 0.6) is 5.75 Å². The van der Waals surface area contributed by atoms with Crippen molar-refractivity contribution in [2.45, 2.75) is 6.42 Å². The summed E-state index contributed by atoms with van der Waals surface area (Å²) in [4.78, 5) is 21.4. The molecule has 0 aromatic heterocycles. The van der Waals surface area contributed by atoms with Gasteiger partial charge in [-0.3, -0.25) is 14.9 Å². The Morgan fingerprint density at radius 1 is 1.35 bits per heavy atom. The van der Waals surface area contributed by atoms with Crippen molar-refractivity contribution < 1.29 is 23.9 Å². The van der Waals surface area contributed by atoms with E-state index in [9.17, 15) is 14.9 Å². The molecule has 0 radical (unpaired) electrons. The van der Waals surface area contributed by atoms with Gasteiger partial charge in [0.25, 0.3) is 5.69 Å². The standard InChI is InChI=1S/C12H14ClNO6/c1-18-6-7-19-5-4-12(15)20-9-2-3-11(14(16)17)10(13)8-9/h2-3,8H,4-7H2,1H3. The molecule has 20 heavy (non-hydrogen) atoms. The molecular weight excluding hydrogens is 290 g/mol. The number of hydrogen-bond donors (Lipinski definition) is 0. The molecule has 0 fully saturated rings. The summed E-state index contributed by atoms with van der Waals surface area (Å²) in [5, 5.41) is 10.5. The van der Waals surface area contributed by atoms with Crippen molar-refractivity contribution in [3.8, 4) is 5.75 Å². The maximum absolute atomic E-state index is 11.5. The molecule has 0 aliphatic heterocycles. The Morgan fingerprint density at radius 2 is 2.10 bits per heavy atom. The number of rotatable bonds is 8. The molecule has 0 spiro atoms. The summed E-state index contributed by atoms with van der Waals surface area (Å²) in [7, 11) is 1.55. The van der Waals surface area contributed by atoms with Gasteiger partial charge in [-0.1, -0.05) is 11.6 Å². The number of halogens is 1. The van der Waals surface area contributed by atoms with Crippen LogP contribution in [0.15, 0.2) is 18.2 Å². The summed E-state index contributed by atoms with van der Waals surface area (Å²) < 4.78 is 14.9. The fourth-order valence-electron chi connectivity index (χ4n) is 1.28. The van der Waals surface area contributed by atoms with Gasteiger partial charge < -0.3 is 14.2 Å². The van der Waals surface area contributed by atoms with Crippen molar-refractivity contribution in [3.63, 3.8) is 0 Å². The van der Waals surface area contributed by atoms with Crippen LogP contribution in [-0.4, -0.2) is 37.8 Å². The van der Waals surface area contributed by atoms with E-state index >= 15 is 0 Å². The summed E-state index contributed by atoms with van der Waals surface area (Å²) in [5.74, 6) is -0.352. The minimum Gasteiger partial charge on any atom is -0.426 e. The van der Waals surface area contributed by atoms with E-state index in [0.717, 1.165) is 0 Å². The first-order valence-corrected chi connectivity index (χ1v) is 6.13. The van der Waals surface area contributed by atoms with Gasteiger partial charge >= 0.3 is 5.97 Å². The van der Waals surface area contributed by atoms with Crippen LogP contribution in [0.3, 0.4) is 0 Å². The second-order valence-electron chi connectivity index (χ2n) is 3.70. The fourth-order valence-corrected chi connectivity index (χ4v) is 1.52. The van der Waals surface area contributed by atoms with Gasteiger partial charge in [-0.15, -0.1) is 0 Å². The van der Waals surface area contributed by atoms with Gasteiger partial charge in [0, 0.05) is 19.2 Å². The second kappa shape index (κ2) is 8.47. The minimum absolute atomic E-state index is 0.0678. The highest BCUT2D eigenvalue weighted by Gasteiger charge is 2.14. The number of benzene rings is 1. The number of hydrogen-bond acceptors (Lipinski definition) is 6. The Hall–Kier alpha value is -1.70. The van der Waals surface area contributed by atoms with Crippen LogP contribution in [0.2, 0.25) is 5.02 Å². The molecule has 0 N–H and O–H groups in total. The monoisotopic (exact) mass is 303 g/mol. The number of nitro benzene ring substituents is 1. The topological polar surface area (TPSA) is 87.9 Å². The number of nitro groups is 1. The van der Waals surface area contributed by atoms with Crippen molar-refractivity contribution in [3.05, 3.63) is 33.3 Å². The molecule has 0 heterocycles. The van der Waals surface area contributed by atoms with Crippen molar-refractivity contribution >= 4 is 23.3 Å². The van der Waals surface area contributed by atoms with Crippen molar-refractivity contribution in [2.75, 3.05) is 26.9 Å². The lowest BCUT2D eigenvalue weighted by atomic mass is 10.3. The molecule has 0 amide bonds. The highest BCUT2D eigenvalue weighted by atomic mass is 35.5. The van der Waals surface area contributed by atoms with Gasteiger partial charge in [0.15, 0.2) is 0 Å². The van der Waals surface area contributed by atoms with Crippen LogP contribution in [0.4, 0.5) is 5.69 Å². The van der Waals surface area contributed by atoms with E-state index in [2.05, 4.69) is 0 Å². The predicted molar refractivity (Wildman–Crippen MR) is 71.1 cm³/mol. The van der Waals surface area contributed by atoms with E-state index < -0.39 is 10.9 Å². The SMILES string of the molecule is COCCOCCC(=O)Oc1ccc([N+](=O)[O-])c(Cl)c1. The first-order chi connectivity index (χ1) is 9.54. The first-order valence-electron chi connectivity index (χ1n) is 5.76. The van der Waals surface area contributed by atoms with Crippen LogP contribution >= 0.6 is 11.6 Å². The molecule has 1 aromatic carbocycles. The number of esters is 1. The lowest BCUT2D eigenvalue weighted by molar-refractivity contribution is -0.384. The molecule has 1 rings (SSSR count). The fraction of sp³-hybridized carbons (Fsp3) is 0.417. The Kier molecular flexibility index (Phi) is 6.92. The van der Waals surface area contributed by atoms with Crippen LogP contribution in [0, 0.1) is 10.1 Å². The average Bonchev–Trinajstić information content (AvgIpc) is 2.38. The highest BCUT2D eigenvalue weighted by molar-refractivity contribution is 6.32. The summed E-state index contributed by atoms with van der Waals surface area (Å²) in [6.45, 7) is 1.06. The summed E-state index contributed by atoms with van der Waals surface area (Å²) in [6, 6.07) is 3.72. The third-order valence-corrected chi connectivity index (χ3v) is 2.53. The maximum atomic E-state index is 11.5. The number of nitrogens with zero attached hydrogens (tertiary/aromatic N) is 1. The lowest BCUT2D eigenvalue weighted by Gasteiger charge is -2.05. The van der Waals surface area contributed by atoms with E-state index in [1.807, 2.05) is 0 Å². The first kappa shape index (κ1) is 16.4. The van der Waals surface area contributed by atoms with Crippen molar-refractivity contribution in [2.24, 2.45) is 0 Å². The van der Waals surface area contributed by atoms with E-state index in [1.54, 1.807) is 7.11 Å². The molecule has 0 atom stereocenters. The van der Waals surface area contributed by atoms with E-state index in [-0.39, 0.29) is 29.5 Å². The molecular formula is C12H14ClNO6. The van der Waals surface area contributed by atoms with Crippen LogP contribution in [-0.2, 0) is 14.3 Å². The van der Waals surface area contributed by atoms with Crippen molar-refractivity contribution in [1.29, 1.82) is 0 Å². The van der Waals surface area contributed by atoms with Gasteiger partial charge in [0.05, 0.1) is 31.2 Å². The van der Waals surface area contributed by atoms with E-state index in [1.165, 1.54) is 18.2 Å². The molecule has 8 heteroatoms. The highest BCUT2D eigenvalue weighted by Crippen LogP contribution is 2.28. The maximum Gasteiger partial charge on any atom is 0.313 e. The van der Waals surface area contributed by atoms with Gasteiger partial charge in [-0.2, -0.15) is 0 Å². The Morgan fingerprint density at radius 3 is 2.70 bits per heavy atom. The van der Waals surface area contributed by atoms with E-state index in [4.69, 9.17) is 25.8 Å². The third kappa shape index (κ3) is 5.52. The molecule has 0 aliphatic rings. The largest absolute Gasteiger partial charge is 0.426 e. The Bertz CT molecular complexity index is 479. The Labute approximate surface area is 120 Å². The summed E-state index contributed by atoms with van der Waals surface area (Å²) in [5.41, 5.74) is -0.241. The van der Waals surface area contributed by atoms with E-state index in [0.29, 0.717) is 13.2 Å². The quantitative estimate of drug-likeness (QED) is 0.240. The molecule has 0 unspecified atom stereocenters. The molecule has 0 aliphatic carbocycles. The average molecular weight is 304 g/mol. The predicted octanol–water partition coefficient (Wildman–Crippen LogP) is 2.21. The van der Waals surface area contributed by atoms with Crippen LogP contribution in [0.1, 0.15) is 6.42 Å². The smallest absolute Gasteiger partial charge is 0.313 e. The van der Waals surface area contributed by atoms with Gasteiger partial charge in [-0.25, -0.2) is 0 Å². The molecule has 7 nitrogen and oxygen atoms in total. The van der Waals surface area contributed by atoms with Crippen LogP contribution < -0.4 is 4.74 Å². The summed E-state index contributed by atoms with van der Waals surface area (Å²) >= 11 is 5.70. The number of carbonyl (C=O) groups is 1. The Balaban J connectivity index is 2.42. The molecule has 0 bridgehead atoms. The molecule has 0 saturated carbocycles. The number of ether oxygens (including phenoxy) is 3. The van der Waals surface area contributed by atoms with Gasteiger partial charge in [-0.05, 0) is 6.07 Å². The van der Waals surface area contributed by atoms with Crippen molar-refractivity contribution in [1.82, 2.24) is 0 Å². The number of methoxy groups -OCH3 is 1. The third-order valence-electron chi connectivity index (χ3n) is 2.23.